The third-order valence-corrected chi connectivity index (χ3v) is 7.91. The Balaban J connectivity index is 1.40. The molecule has 2 aliphatic heterocycles. The van der Waals surface area contributed by atoms with Gasteiger partial charge in [0.05, 0.1) is 18.3 Å². The Morgan fingerprint density at radius 3 is 2.80 bits per heavy atom. The minimum atomic E-state index is -0.551. The second kappa shape index (κ2) is 10.4. The molecule has 2 saturated heterocycles. The first kappa shape index (κ1) is 23.9. The number of ether oxygens (including phenoxy) is 1. The van der Waals surface area contributed by atoms with Gasteiger partial charge in [0.25, 0.3) is 0 Å². The van der Waals surface area contributed by atoms with Gasteiger partial charge in [-0.2, -0.15) is 0 Å². The Hall–Kier alpha value is -2.87. The number of fused-ring (bicyclic) bond motifs is 1. The van der Waals surface area contributed by atoms with E-state index in [2.05, 4.69) is 5.32 Å². The largest absolute Gasteiger partial charge is 0.376 e. The highest BCUT2D eigenvalue weighted by molar-refractivity contribution is 8.15. The van der Waals surface area contributed by atoms with Crippen molar-refractivity contribution in [1.82, 2.24) is 4.90 Å². The molecule has 2 aliphatic rings. The molecule has 0 radical (unpaired) electrons. The van der Waals surface area contributed by atoms with Gasteiger partial charge in [-0.3, -0.25) is 14.5 Å². The first-order chi connectivity index (χ1) is 17.0. The fourth-order valence-electron chi connectivity index (χ4n) is 4.41. The zero-order valence-electron chi connectivity index (χ0n) is 19.4. The van der Waals surface area contributed by atoms with Crippen LogP contribution >= 0.6 is 23.4 Å². The van der Waals surface area contributed by atoms with Gasteiger partial charge in [-0.1, -0.05) is 65.8 Å². The smallest absolute Gasteiger partial charge is 0.242 e. The first-order valence-corrected chi connectivity index (χ1v) is 13.0. The SMILES string of the molecule is Cc1c(Cl)cccc1NC(=O)CC1SC(=Nc2cccc3ccccc23)N(CC2CCCO2)C1=O. The monoisotopic (exact) mass is 507 g/mol. The van der Waals surface area contributed by atoms with Gasteiger partial charge in [0.2, 0.25) is 11.8 Å². The zero-order valence-corrected chi connectivity index (χ0v) is 20.9. The summed E-state index contributed by atoms with van der Waals surface area (Å²) in [6.45, 7) is 3.01. The molecule has 35 heavy (non-hydrogen) atoms. The number of amides is 2. The van der Waals surface area contributed by atoms with Crippen LogP contribution in [0.25, 0.3) is 10.8 Å². The summed E-state index contributed by atoms with van der Waals surface area (Å²) >= 11 is 7.53. The summed E-state index contributed by atoms with van der Waals surface area (Å²) in [7, 11) is 0. The molecule has 180 valence electrons. The highest BCUT2D eigenvalue weighted by Gasteiger charge is 2.40. The van der Waals surface area contributed by atoms with Crippen molar-refractivity contribution in [2.45, 2.75) is 37.5 Å². The third kappa shape index (κ3) is 5.22. The van der Waals surface area contributed by atoms with Gasteiger partial charge >= 0.3 is 0 Å². The van der Waals surface area contributed by atoms with Crippen LogP contribution in [0.15, 0.2) is 65.7 Å². The second-order valence-corrected chi connectivity index (χ2v) is 10.3. The molecule has 2 amide bonds. The fraction of sp³-hybridized carbons (Fsp3) is 0.296. The van der Waals surface area contributed by atoms with Crippen molar-refractivity contribution in [3.8, 4) is 0 Å². The number of aliphatic imine (C=N–C) groups is 1. The van der Waals surface area contributed by atoms with Gasteiger partial charge in [-0.05, 0) is 48.9 Å². The number of halogens is 1. The number of nitrogens with zero attached hydrogens (tertiary/aromatic N) is 2. The Bertz CT molecular complexity index is 1300. The molecule has 0 bridgehead atoms. The number of hydrogen-bond acceptors (Lipinski definition) is 5. The Labute approximate surface area is 213 Å². The van der Waals surface area contributed by atoms with Crippen LogP contribution in [0.1, 0.15) is 24.8 Å². The van der Waals surface area contributed by atoms with Crippen molar-refractivity contribution in [3.05, 3.63) is 71.2 Å². The van der Waals surface area contributed by atoms with E-state index in [0.29, 0.717) is 29.0 Å². The van der Waals surface area contributed by atoms with Gasteiger partial charge in [-0.15, -0.1) is 0 Å². The van der Waals surface area contributed by atoms with Crippen molar-refractivity contribution in [2.24, 2.45) is 4.99 Å². The van der Waals surface area contributed by atoms with Gasteiger partial charge in [0.1, 0.15) is 5.25 Å². The van der Waals surface area contributed by atoms with E-state index in [0.717, 1.165) is 34.9 Å². The number of thioether (sulfide) groups is 1. The molecule has 6 nitrogen and oxygen atoms in total. The highest BCUT2D eigenvalue weighted by atomic mass is 35.5. The molecule has 0 spiro atoms. The number of rotatable bonds is 6. The molecule has 0 aliphatic carbocycles. The molecule has 8 heteroatoms. The summed E-state index contributed by atoms with van der Waals surface area (Å²) in [5.41, 5.74) is 2.25. The van der Waals surface area contributed by atoms with Gasteiger partial charge < -0.3 is 10.1 Å². The molecule has 0 aromatic heterocycles. The maximum Gasteiger partial charge on any atom is 0.242 e. The molecule has 2 atom stereocenters. The van der Waals surface area contributed by atoms with Gasteiger partial charge in [-0.25, -0.2) is 4.99 Å². The van der Waals surface area contributed by atoms with Crippen LogP contribution < -0.4 is 5.32 Å². The highest BCUT2D eigenvalue weighted by Crippen LogP contribution is 2.35. The van der Waals surface area contributed by atoms with E-state index in [1.807, 2.05) is 49.4 Å². The number of hydrogen-bond donors (Lipinski definition) is 1. The van der Waals surface area contributed by atoms with E-state index in [1.54, 1.807) is 23.1 Å². The van der Waals surface area contributed by atoms with Gasteiger partial charge in [0, 0.05) is 29.1 Å². The number of nitrogens with one attached hydrogen (secondary N) is 1. The van der Waals surface area contributed by atoms with Crippen LogP contribution in [-0.2, 0) is 14.3 Å². The lowest BCUT2D eigenvalue weighted by molar-refractivity contribution is -0.129. The van der Waals surface area contributed by atoms with E-state index in [4.69, 9.17) is 21.3 Å². The van der Waals surface area contributed by atoms with E-state index >= 15 is 0 Å². The lowest BCUT2D eigenvalue weighted by Crippen LogP contribution is -2.38. The number of anilines is 1. The Morgan fingerprint density at radius 1 is 1.17 bits per heavy atom. The molecule has 2 fully saturated rings. The number of carbonyl (C=O) groups excluding carboxylic acids is 2. The minimum absolute atomic E-state index is 0.0149. The lowest BCUT2D eigenvalue weighted by Gasteiger charge is -2.20. The standard InChI is InChI=1S/C27H26ClN3O3S/c1-17-21(28)11-5-12-22(17)29-25(32)15-24-26(33)31(16-19-9-6-14-34-19)27(35-24)30-23-13-4-8-18-7-2-3-10-20(18)23/h2-5,7-8,10-13,19,24H,6,9,14-16H2,1H3,(H,29,32). The van der Waals surface area contributed by atoms with Gasteiger partial charge in [0.15, 0.2) is 5.17 Å². The molecular weight excluding hydrogens is 482 g/mol. The average Bonchev–Trinajstić information content (AvgIpc) is 3.47. The van der Waals surface area contributed by atoms with Crippen LogP contribution in [-0.4, -0.2) is 46.4 Å². The van der Waals surface area contributed by atoms with Crippen LogP contribution in [0.3, 0.4) is 0 Å². The molecule has 2 unspecified atom stereocenters. The maximum absolute atomic E-state index is 13.4. The fourth-order valence-corrected chi connectivity index (χ4v) is 5.74. The number of benzene rings is 3. The summed E-state index contributed by atoms with van der Waals surface area (Å²) < 4.78 is 5.80. The summed E-state index contributed by atoms with van der Waals surface area (Å²) in [5.74, 6) is -0.341. The molecule has 3 aromatic rings. The molecule has 1 N–H and O–H groups in total. The van der Waals surface area contributed by atoms with Crippen LogP contribution in [0.4, 0.5) is 11.4 Å². The van der Waals surface area contributed by atoms with E-state index < -0.39 is 5.25 Å². The van der Waals surface area contributed by atoms with Crippen molar-refractivity contribution in [1.29, 1.82) is 0 Å². The van der Waals surface area contributed by atoms with Crippen LogP contribution in [0.5, 0.6) is 0 Å². The normalized spacial score (nSPS) is 21.3. The topological polar surface area (TPSA) is 71.0 Å². The summed E-state index contributed by atoms with van der Waals surface area (Å²) in [5, 5.41) is 5.65. The second-order valence-electron chi connectivity index (χ2n) is 8.75. The minimum Gasteiger partial charge on any atom is -0.376 e. The zero-order chi connectivity index (χ0) is 24.4. The predicted octanol–water partition coefficient (Wildman–Crippen LogP) is 5.94. The first-order valence-electron chi connectivity index (χ1n) is 11.7. The van der Waals surface area contributed by atoms with Crippen LogP contribution in [0, 0.1) is 6.92 Å². The van der Waals surface area contributed by atoms with Crippen molar-refractivity contribution in [3.63, 3.8) is 0 Å². The van der Waals surface area contributed by atoms with E-state index in [-0.39, 0.29) is 24.3 Å². The van der Waals surface area contributed by atoms with E-state index in [1.165, 1.54) is 11.8 Å². The lowest BCUT2D eigenvalue weighted by atomic mass is 10.1. The number of carbonyl (C=O) groups is 2. The Kier molecular flexibility index (Phi) is 7.09. The molecule has 0 saturated carbocycles. The quantitative estimate of drug-likeness (QED) is 0.448. The molecular formula is C27H26ClN3O3S. The molecule has 3 aromatic carbocycles. The third-order valence-electron chi connectivity index (χ3n) is 6.33. The van der Waals surface area contributed by atoms with Crippen molar-refractivity contribution >= 4 is 62.5 Å². The van der Waals surface area contributed by atoms with Crippen LogP contribution in [0.2, 0.25) is 5.02 Å². The van der Waals surface area contributed by atoms with Crippen molar-refractivity contribution < 1.29 is 14.3 Å². The van der Waals surface area contributed by atoms with Crippen molar-refractivity contribution in [2.75, 3.05) is 18.5 Å². The Morgan fingerprint density at radius 2 is 1.97 bits per heavy atom. The average molecular weight is 508 g/mol. The number of amidine groups is 1. The molecule has 2 heterocycles. The predicted molar refractivity (Wildman–Crippen MR) is 143 cm³/mol. The van der Waals surface area contributed by atoms with E-state index in [9.17, 15) is 9.59 Å². The maximum atomic E-state index is 13.4. The molecule has 5 rings (SSSR count). The summed E-state index contributed by atoms with van der Waals surface area (Å²) in [6.07, 6.45) is 1.93. The summed E-state index contributed by atoms with van der Waals surface area (Å²) in [4.78, 5) is 32.9. The summed E-state index contributed by atoms with van der Waals surface area (Å²) in [6, 6.07) is 19.4.